The molecule has 2 aromatic rings. The molecule has 0 spiro atoms. The van der Waals surface area contributed by atoms with Gasteiger partial charge in [-0.3, -0.25) is 0 Å². The lowest BCUT2D eigenvalue weighted by Gasteiger charge is -2.17. The highest BCUT2D eigenvalue weighted by molar-refractivity contribution is 5.34. The first-order valence-electron chi connectivity index (χ1n) is 6.03. The summed E-state index contributed by atoms with van der Waals surface area (Å²) >= 11 is 0. The monoisotopic (exact) mass is 253 g/mol. The summed E-state index contributed by atoms with van der Waals surface area (Å²) in [6, 6.07) is 18.6. The molecule has 0 unspecified atom stereocenters. The smallest absolute Gasteiger partial charge is 0.118 e. The zero-order valence-electron chi connectivity index (χ0n) is 10.7. The molecule has 0 fully saturated rings. The number of ether oxygens (including phenoxy) is 1. The second-order valence-electron chi connectivity index (χ2n) is 4.24. The van der Waals surface area contributed by atoms with Crippen LogP contribution in [0.5, 0.6) is 5.75 Å². The van der Waals surface area contributed by atoms with Crippen molar-refractivity contribution in [3.8, 4) is 11.8 Å². The minimum Gasteiger partial charge on any atom is -0.497 e. The molecule has 3 heteroatoms. The number of benzene rings is 2. The van der Waals surface area contributed by atoms with Gasteiger partial charge in [-0.2, -0.15) is 5.26 Å². The topological polar surface area (TPSA) is 53.2 Å². The van der Waals surface area contributed by atoms with E-state index in [1.54, 1.807) is 31.4 Å². The van der Waals surface area contributed by atoms with Crippen LogP contribution in [-0.2, 0) is 0 Å². The van der Waals surface area contributed by atoms with Gasteiger partial charge in [0.25, 0.3) is 0 Å². The second kappa shape index (κ2) is 6.03. The van der Waals surface area contributed by atoms with E-state index in [1.165, 1.54) is 0 Å². The molecule has 0 saturated heterocycles. The number of hydrogen-bond acceptors (Lipinski definition) is 3. The zero-order chi connectivity index (χ0) is 13.7. The highest BCUT2D eigenvalue weighted by Crippen LogP contribution is 2.31. The molecule has 0 radical (unpaired) electrons. The Morgan fingerprint density at radius 1 is 1.00 bits per heavy atom. The van der Waals surface area contributed by atoms with Gasteiger partial charge < -0.3 is 9.84 Å². The average Bonchev–Trinajstić information content (AvgIpc) is 2.49. The third-order valence-electron chi connectivity index (χ3n) is 3.07. The van der Waals surface area contributed by atoms with Crippen LogP contribution in [0.15, 0.2) is 54.6 Å². The summed E-state index contributed by atoms with van der Waals surface area (Å²) in [4.78, 5) is 0. The normalized spacial score (nSPS) is 13.3. The first-order chi connectivity index (χ1) is 9.26. The second-order valence-corrected chi connectivity index (χ2v) is 4.24. The first kappa shape index (κ1) is 13.1. The fourth-order valence-corrected chi connectivity index (χ4v) is 1.98. The average molecular weight is 253 g/mol. The van der Waals surface area contributed by atoms with Gasteiger partial charge in [0.15, 0.2) is 0 Å². The summed E-state index contributed by atoms with van der Waals surface area (Å²) in [7, 11) is 1.59. The number of aliphatic hydroxyl groups excluding tert-OH is 1. The van der Waals surface area contributed by atoms with Gasteiger partial charge in [-0.05, 0) is 23.3 Å². The minimum atomic E-state index is -0.849. The Hall–Kier alpha value is -2.31. The summed E-state index contributed by atoms with van der Waals surface area (Å²) in [6.07, 6.45) is -0.849. The Morgan fingerprint density at radius 3 is 2.16 bits per heavy atom. The zero-order valence-corrected chi connectivity index (χ0v) is 10.7. The Morgan fingerprint density at radius 2 is 1.63 bits per heavy atom. The van der Waals surface area contributed by atoms with E-state index >= 15 is 0 Å². The van der Waals surface area contributed by atoms with Gasteiger partial charge in [0.05, 0.1) is 19.3 Å². The van der Waals surface area contributed by atoms with Crippen molar-refractivity contribution in [2.24, 2.45) is 0 Å². The third kappa shape index (κ3) is 2.93. The lowest BCUT2D eigenvalue weighted by Crippen LogP contribution is -2.09. The van der Waals surface area contributed by atoms with Gasteiger partial charge in [-0.15, -0.1) is 0 Å². The van der Waals surface area contributed by atoms with Crippen molar-refractivity contribution in [2.45, 2.75) is 12.0 Å². The summed E-state index contributed by atoms with van der Waals surface area (Å²) in [5, 5.41) is 19.6. The standard InChI is InChI=1S/C16H15NO2/c1-19-14-9-7-13(8-10-14)16(18)15(11-17)12-5-3-2-4-6-12/h2-10,15-16,18H,1H3/t15-,16-/m0/s1. The summed E-state index contributed by atoms with van der Waals surface area (Å²) < 4.78 is 5.07. The Balaban J connectivity index is 2.26. The van der Waals surface area contributed by atoms with Crippen LogP contribution in [-0.4, -0.2) is 12.2 Å². The molecule has 1 N–H and O–H groups in total. The molecule has 2 aromatic carbocycles. The van der Waals surface area contributed by atoms with Crippen molar-refractivity contribution in [3.05, 3.63) is 65.7 Å². The molecule has 2 atom stereocenters. The van der Waals surface area contributed by atoms with Crippen LogP contribution in [0.25, 0.3) is 0 Å². The lowest BCUT2D eigenvalue weighted by atomic mass is 9.90. The maximum atomic E-state index is 10.3. The molecule has 0 aromatic heterocycles. The van der Waals surface area contributed by atoms with Gasteiger partial charge in [0, 0.05) is 0 Å². The van der Waals surface area contributed by atoms with Gasteiger partial charge in [0.1, 0.15) is 11.7 Å². The number of aliphatic hydroxyl groups is 1. The van der Waals surface area contributed by atoms with Crippen molar-refractivity contribution < 1.29 is 9.84 Å². The van der Waals surface area contributed by atoms with E-state index in [1.807, 2.05) is 30.3 Å². The SMILES string of the molecule is COc1ccc([C@H](O)[C@@H](C#N)c2ccccc2)cc1. The van der Waals surface area contributed by atoms with Crippen molar-refractivity contribution in [1.29, 1.82) is 5.26 Å². The Labute approximate surface area is 112 Å². The van der Waals surface area contributed by atoms with Crippen LogP contribution < -0.4 is 4.74 Å². The van der Waals surface area contributed by atoms with Crippen molar-refractivity contribution >= 4 is 0 Å². The third-order valence-corrected chi connectivity index (χ3v) is 3.07. The largest absolute Gasteiger partial charge is 0.497 e. The van der Waals surface area contributed by atoms with E-state index in [9.17, 15) is 10.4 Å². The van der Waals surface area contributed by atoms with Crippen LogP contribution in [0.1, 0.15) is 23.1 Å². The van der Waals surface area contributed by atoms with Gasteiger partial charge in [-0.25, -0.2) is 0 Å². The van der Waals surface area contributed by atoms with Gasteiger partial charge in [-0.1, -0.05) is 42.5 Å². The van der Waals surface area contributed by atoms with Crippen LogP contribution in [0.3, 0.4) is 0 Å². The minimum absolute atomic E-state index is 0.574. The quantitative estimate of drug-likeness (QED) is 0.911. The molecule has 19 heavy (non-hydrogen) atoms. The van der Waals surface area contributed by atoms with E-state index in [0.717, 1.165) is 11.3 Å². The number of methoxy groups -OCH3 is 1. The molecule has 0 heterocycles. The predicted octanol–water partition coefficient (Wildman–Crippen LogP) is 3.04. The summed E-state index contributed by atoms with van der Waals surface area (Å²) in [5.74, 6) is 0.152. The van der Waals surface area contributed by atoms with Crippen LogP contribution in [0.4, 0.5) is 0 Å². The molecular formula is C16H15NO2. The maximum Gasteiger partial charge on any atom is 0.118 e. The van der Waals surface area contributed by atoms with Gasteiger partial charge in [0.2, 0.25) is 0 Å². The highest BCUT2D eigenvalue weighted by atomic mass is 16.5. The molecule has 0 amide bonds. The van der Waals surface area contributed by atoms with Crippen LogP contribution >= 0.6 is 0 Å². The fraction of sp³-hybridized carbons (Fsp3) is 0.188. The first-order valence-corrected chi connectivity index (χ1v) is 6.03. The van der Waals surface area contributed by atoms with E-state index < -0.39 is 12.0 Å². The molecule has 0 bridgehead atoms. The Bertz CT molecular complexity index is 558. The highest BCUT2D eigenvalue weighted by Gasteiger charge is 2.22. The molecule has 0 saturated carbocycles. The van der Waals surface area contributed by atoms with Crippen LogP contribution in [0, 0.1) is 11.3 Å². The summed E-state index contributed by atoms with van der Waals surface area (Å²) in [6.45, 7) is 0. The predicted molar refractivity (Wildman–Crippen MR) is 72.7 cm³/mol. The van der Waals surface area contributed by atoms with Crippen LogP contribution in [0.2, 0.25) is 0 Å². The lowest BCUT2D eigenvalue weighted by molar-refractivity contribution is 0.164. The van der Waals surface area contributed by atoms with E-state index in [-0.39, 0.29) is 0 Å². The maximum absolute atomic E-state index is 10.3. The number of rotatable bonds is 4. The molecule has 96 valence electrons. The molecule has 3 nitrogen and oxygen atoms in total. The van der Waals surface area contributed by atoms with E-state index in [2.05, 4.69) is 6.07 Å². The van der Waals surface area contributed by atoms with E-state index in [0.29, 0.717) is 5.56 Å². The van der Waals surface area contributed by atoms with Gasteiger partial charge >= 0.3 is 0 Å². The molecule has 0 aliphatic rings. The van der Waals surface area contributed by atoms with Crippen molar-refractivity contribution in [3.63, 3.8) is 0 Å². The fourth-order valence-electron chi connectivity index (χ4n) is 1.98. The number of nitrogens with zero attached hydrogens (tertiary/aromatic N) is 1. The molecule has 0 aliphatic heterocycles. The molecular weight excluding hydrogens is 238 g/mol. The molecule has 0 aliphatic carbocycles. The van der Waals surface area contributed by atoms with Crippen molar-refractivity contribution in [2.75, 3.05) is 7.11 Å². The summed E-state index contributed by atoms with van der Waals surface area (Å²) in [5.41, 5.74) is 1.52. The van der Waals surface area contributed by atoms with E-state index in [4.69, 9.17) is 4.74 Å². The molecule has 2 rings (SSSR count). The number of nitriles is 1. The Kier molecular flexibility index (Phi) is 4.17. The van der Waals surface area contributed by atoms with Crippen molar-refractivity contribution in [1.82, 2.24) is 0 Å². The number of hydrogen-bond donors (Lipinski definition) is 1.